The zero-order valence-electron chi connectivity index (χ0n) is 7.69. The Balaban J connectivity index is 2.94. The summed E-state index contributed by atoms with van der Waals surface area (Å²) in [6.45, 7) is 1.21. The maximum atomic E-state index is 12.7. The lowest BCUT2D eigenvalue weighted by Crippen LogP contribution is -2.09. The van der Waals surface area contributed by atoms with Gasteiger partial charge in [0.2, 0.25) is 0 Å². The Bertz CT molecular complexity index is 564. The van der Waals surface area contributed by atoms with Gasteiger partial charge in [0.25, 0.3) is 0 Å². The third kappa shape index (κ3) is 1.53. The van der Waals surface area contributed by atoms with Crippen LogP contribution in [0, 0.1) is 6.92 Å². The van der Waals surface area contributed by atoms with Crippen LogP contribution in [0.4, 0.5) is 13.2 Å². The summed E-state index contributed by atoms with van der Waals surface area (Å²) in [6.07, 6.45) is -4.60. The molecule has 0 spiro atoms. The first-order valence-electron chi connectivity index (χ1n) is 4.01. The summed E-state index contributed by atoms with van der Waals surface area (Å²) >= 11 is 11.3. The normalized spacial score (nSPS) is 12.4. The molecule has 0 bridgehead atoms. The Labute approximate surface area is 97.1 Å². The van der Waals surface area contributed by atoms with Crippen LogP contribution < -0.4 is 0 Å². The van der Waals surface area contributed by atoms with E-state index in [9.17, 15) is 13.2 Å². The van der Waals surface area contributed by atoms with Gasteiger partial charge >= 0.3 is 6.18 Å². The van der Waals surface area contributed by atoms with Gasteiger partial charge in [0.1, 0.15) is 0 Å². The second-order valence-corrected chi connectivity index (χ2v) is 3.84. The maximum absolute atomic E-state index is 12.7. The third-order valence-corrected chi connectivity index (χ3v) is 2.94. The summed E-state index contributed by atoms with van der Waals surface area (Å²) in [4.78, 5) is 0. The summed E-state index contributed by atoms with van der Waals surface area (Å²) in [5.74, 6) is 0. The van der Waals surface area contributed by atoms with Gasteiger partial charge in [0.05, 0.1) is 15.6 Å². The molecule has 86 valence electrons. The number of aromatic nitrogens is 2. The molecule has 0 N–H and O–H groups in total. The van der Waals surface area contributed by atoms with Gasteiger partial charge in [-0.15, -0.1) is 0 Å². The fraction of sp³-hybridized carbons (Fsp3) is 0.250. The molecule has 0 aliphatic carbocycles. The Hall–Kier alpha value is -1.01. The van der Waals surface area contributed by atoms with Crippen molar-refractivity contribution in [3.05, 3.63) is 21.2 Å². The number of benzene rings is 1. The van der Waals surface area contributed by atoms with E-state index in [1.165, 1.54) is 6.92 Å². The minimum atomic E-state index is -4.60. The molecule has 0 atom stereocenters. The molecule has 0 aliphatic heterocycles. The average Bonchev–Trinajstić information content (AvgIpc) is 2.61. The van der Waals surface area contributed by atoms with Gasteiger partial charge in [-0.1, -0.05) is 23.2 Å². The van der Waals surface area contributed by atoms with E-state index >= 15 is 0 Å². The smallest absolute Gasteiger partial charge is 0.243 e. The lowest BCUT2D eigenvalue weighted by atomic mass is 10.1. The fourth-order valence-electron chi connectivity index (χ4n) is 1.38. The van der Waals surface area contributed by atoms with E-state index in [4.69, 9.17) is 23.2 Å². The van der Waals surface area contributed by atoms with Crippen molar-refractivity contribution >= 4 is 34.2 Å². The van der Waals surface area contributed by atoms with Crippen LogP contribution >= 0.6 is 23.2 Å². The highest BCUT2D eigenvalue weighted by Gasteiger charge is 2.38. The number of halogens is 5. The zero-order valence-corrected chi connectivity index (χ0v) is 9.20. The summed E-state index contributed by atoms with van der Waals surface area (Å²) < 4.78 is 42.4. The van der Waals surface area contributed by atoms with E-state index in [2.05, 4.69) is 14.9 Å². The van der Waals surface area contributed by atoms with Crippen molar-refractivity contribution in [3.8, 4) is 0 Å². The van der Waals surface area contributed by atoms with Crippen LogP contribution in [-0.2, 0) is 6.18 Å². The SMILES string of the molecule is Cc1c(C(F)(F)F)c(Cl)c2nonc2c1Cl. The Morgan fingerprint density at radius 1 is 1.06 bits per heavy atom. The van der Waals surface area contributed by atoms with Crippen molar-refractivity contribution in [2.24, 2.45) is 0 Å². The first-order valence-corrected chi connectivity index (χ1v) is 4.76. The van der Waals surface area contributed by atoms with Crippen LogP contribution in [0.3, 0.4) is 0 Å². The van der Waals surface area contributed by atoms with Gasteiger partial charge in [-0.25, -0.2) is 4.63 Å². The minimum absolute atomic E-state index is 0.0252. The molecular weight excluding hydrogens is 268 g/mol. The molecule has 1 aromatic heterocycles. The van der Waals surface area contributed by atoms with E-state index < -0.39 is 16.8 Å². The van der Waals surface area contributed by atoms with Gasteiger partial charge < -0.3 is 0 Å². The highest BCUT2D eigenvalue weighted by Crippen LogP contribution is 2.43. The second-order valence-electron chi connectivity index (χ2n) is 3.09. The zero-order chi connectivity index (χ0) is 12.1. The molecule has 3 nitrogen and oxygen atoms in total. The van der Waals surface area contributed by atoms with Crippen LogP contribution in [0.1, 0.15) is 11.1 Å². The van der Waals surface area contributed by atoms with Crippen LogP contribution in [0.25, 0.3) is 11.0 Å². The van der Waals surface area contributed by atoms with Crippen molar-refractivity contribution in [2.75, 3.05) is 0 Å². The van der Waals surface area contributed by atoms with Crippen molar-refractivity contribution in [3.63, 3.8) is 0 Å². The molecule has 2 aromatic rings. The van der Waals surface area contributed by atoms with Gasteiger partial charge in [-0.3, -0.25) is 0 Å². The van der Waals surface area contributed by atoms with E-state index in [1.54, 1.807) is 0 Å². The Morgan fingerprint density at radius 2 is 1.56 bits per heavy atom. The van der Waals surface area contributed by atoms with Gasteiger partial charge in [0, 0.05) is 0 Å². The molecule has 0 unspecified atom stereocenters. The molecule has 8 heteroatoms. The van der Waals surface area contributed by atoms with Crippen LogP contribution in [0.15, 0.2) is 4.63 Å². The molecule has 0 saturated heterocycles. The van der Waals surface area contributed by atoms with E-state index in [0.29, 0.717) is 0 Å². The highest BCUT2D eigenvalue weighted by atomic mass is 35.5. The van der Waals surface area contributed by atoms with E-state index in [-0.39, 0.29) is 21.6 Å². The maximum Gasteiger partial charge on any atom is 0.418 e. The molecule has 0 saturated carbocycles. The Kier molecular flexibility index (Phi) is 2.51. The lowest BCUT2D eigenvalue weighted by molar-refractivity contribution is -0.137. The van der Waals surface area contributed by atoms with Crippen molar-refractivity contribution < 1.29 is 17.8 Å². The molecule has 16 heavy (non-hydrogen) atoms. The lowest BCUT2D eigenvalue weighted by Gasteiger charge is -2.12. The van der Waals surface area contributed by atoms with Gasteiger partial charge in [-0.2, -0.15) is 13.2 Å². The molecule has 1 aromatic carbocycles. The summed E-state index contributed by atoms with van der Waals surface area (Å²) in [6, 6.07) is 0. The summed E-state index contributed by atoms with van der Waals surface area (Å²) in [5, 5.41) is 5.98. The number of alkyl halides is 3. The predicted molar refractivity (Wildman–Crippen MR) is 51.6 cm³/mol. The van der Waals surface area contributed by atoms with Crippen LogP contribution in [-0.4, -0.2) is 10.3 Å². The van der Waals surface area contributed by atoms with Crippen LogP contribution in [0.5, 0.6) is 0 Å². The monoisotopic (exact) mass is 270 g/mol. The van der Waals surface area contributed by atoms with E-state index in [1.807, 2.05) is 0 Å². The molecule has 0 aliphatic rings. The Morgan fingerprint density at radius 3 is 2.06 bits per heavy atom. The van der Waals surface area contributed by atoms with Crippen molar-refractivity contribution in [1.29, 1.82) is 0 Å². The quantitative estimate of drug-likeness (QED) is 0.730. The highest BCUT2D eigenvalue weighted by molar-refractivity contribution is 6.40. The van der Waals surface area contributed by atoms with Crippen molar-refractivity contribution in [2.45, 2.75) is 13.1 Å². The van der Waals surface area contributed by atoms with Gasteiger partial charge in [-0.05, 0) is 22.8 Å². The first-order chi connectivity index (χ1) is 7.34. The van der Waals surface area contributed by atoms with Gasteiger partial charge in [0.15, 0.2) is 11.0 Å². The summed E-state index contributed by atoms with van der Waals surface area (Å²) in [7, 11) is 0. The number of hydrogen-bond donors (Lipinski definition) is 0. The number of nitrogens with zero attached hydrogens (tertiary/aromatic N) is 2. The number of rotatable bonds is 0. The predicted octanol–water partition coefficient (Wildman–Crippen LogP) is 3.86. The standard InChI is InChI=1S/C8H3Cl2F3N2O/c1-2-3(8(11,12)13)5(10)7-6(4(2)9)14-16-15-7/h1H3. The fourth-order valence-corrected chi connectivity index (χ4v) is 1.98. The molecule has 0 radical (unpaired) electrons. The topological polar surface area (TPSA) is 38.9 Å². The third-order valence-electron chi connectivity index (χ3n) is 2.11. The molecule has 1 heterocycles. The van der Waals surface area contributed by atoms with Crippen molar-refractivity contribution in [1.82, 2.24) is 10.3 Å². The number of hydrogen-bond acceptors (Lipinski definition) is 3. The molecule has 0 fully saturated rings. The molecular formula is C8H3Cl2F3N2O. The second kappa shape index (κ2) is 3.49. The summed E-state index contributed by atoms with van der Waals surface area (Å²) in [5.41, 5.74) is -1.37. The number of fused-ring (bicyclic) bond motifs is 1. The van der Waals surface area contributed by atoms with Crippen LogP contribution in [0.2, 0.25) is 10.0 Å². The first kappa shape index (κ1) is 11.5. The van der Waals surface area contributed by atoms with E-state index in [0.717, 1.165) is 0 Å². The average molecular weight is 271 g/mol. The molecule has 2 rings (SSSR count). The minimum Gasteiger partial charge on any atom is -0.243 e. The molecule has 0 amide bonds. The largest absolute Gasteiger partial charge is 0.418 e.